The monoisotopic (exact) mass is 455 g/mol. The highest BCUT2D eigenvalue weighted by Crippen LogP contribution is 2.52. The van der Waals surface area contributed by atoms with Gasteiger partial charge in [0.2, 0.25) is 0 Å². The van der Waals surface area contributed by atoms with Crippen LogP contribution in [0.15, 0.2) is 84.9 Å². The van der Waals surface area contributed by atoms with Crippen LogP contribution < -0.4 is 0 Å². The summed E-state index contributed by atoms with van der Waals surface area (Å²) < 4.78 is 0. The first-order valence-corrected chi connectivity index (χ1v) is 12.8. The van der Waals surface area contributed by atoms with E-state index in [4.69, 9.17) is 0 Å². The Labute approximate surface area is 206 Å². The number of aliphatic hydroxyl groups excluding tert-OH is 1. The number of nitrogens with zero attached hydrogens (tertiary/aromatic N) is 1. The van der Waals surface area contributed by atoms with E-state index in [9.17, 15) is 5.11 Å². The number of piperidine rings is 1. The molecule has 4 rings (SSSR count). The number of β-amino-alcohol motifs (C(OH)–C–C–N with tert-alkyl or cyclic N) is 1. The molecule has 0 amide bonds. The molecule has 1 atom stereocenters. The molecule has 3 aromatic carbocycles. The minimum absolute atomic E-state index is 0.0665. The molecule has 1 aliphatic rings. The Balaban J connectivity index is 1.49. The lowest BCUT2D eigenvalue weighted by molar-refractivity contribution is 0.0366. The van der Waals surface area contributed by atoms with Gasteiger partial charge in [-0.2, -0.15) is 0 Å². The van der Waals surface area contributed by atoms with Gasteiger partial charge in [0.25, 0.3) is 0 Å². The zero-order valence-electron chi connectivity index (χ0n) is 21.6. The maximum absolute atomic E-state index is 11.0. The van der Waals surface area contributed by atoms with Crippen molar-refractivity contribution in [2.45, 2.75) is 64.4 Å². The Morgan fingerprint density at radius 3 is 1.65 bits per heavy atom. The topological polar surface area (TPSA) is 23.5 Å². The minimum Gasteiger partial charge on any atom is -0.387 e. The van der Waals surface area contributed by atoms with E-state index in [2.05, 4.69) is 124 Å². The number of aliphatic hydroxyl groups is 1. The molecule has 1 N–H and O–H groups in total. The van der Waals surface area contributed by atoms with Crippen LogP contribution in [0.3, 0.4) is 0 Å². The third-order valence-corrected chi connectivity index (χ3v) is 8.46. The smallest absolute Gasteiger partial charge is 0.0916 e. The molecule has 0 radical (unpaired) electrons. The summed E-state index contributed by atoms with van der Waals surface area (Å²) in [7, 11) is 0. The first-order chi connectivity index (χ1) is 16.1. The number of hydrogen-bond acceptors (Lipinski definition) is 2. The van der Waals surface area contributed by atoms with Crippen LogP contribution >= 0.6 is 0 Å². The summed E-state index contributed by atoms with van der Waals surface area (Å²) in [6.07, 6.45) is 1.75. The van der Waals surface area contributed by atoms with E-state index in [0.717, 1.165) is 31.5 Å². The van der Waals surface area contributed by atoms with E-state index in [-0.39, 0.29) is 16.2 Å². The van der Waals surface area contributed by atoms with Crippen molar-refractivity contribution in [3.05, 3.63) is 107 Å². The third kappa shape index (κ3) is 4.85. The number of hydrogen-bond donors (Lipinski definition) is 1. The minimum atomic E-state index is -0.451. The van der Waals surface area contributed by atoms with Gasteiger partial charge in [0.1, 0.15) is 0 Å². The Morgan fingerprint density at radius 2 is 1.21 bits per heavy atom. The van der Waals surface area contributed by atoms with Crippen LogP contribution in [0.1, 0.15) is 75.8 Å². The molecule has 1 heterocycles. The van der Waals surface area contributed by atoms with Crippen molar-refractivity contribution in [3.8, 4) is 0 Å². The van der Waals surface area contributed by atoms with E-state index < -0.39 is 6.10 Å². The Bertz CT molecular complexity index is 1000. The average molecular weight is 456 g/mol. The molecule has 1 saturated heterocycles. The van der Waals surface area contributed by atoms with Crippen LogP contribution in [0.2, 0.25) is 0 Å². The molecule has 1 fully saturated rings. The van der Waals surface area contributed by atoms with Gasteiger partial charge in [0.15, 0.2) is 0 Å². The van der Waals surface area contributed by atoms with Crippen molar-refractivity contribution in [1.82, 2.24) is 4.90 Å². The van der Waals surface area contributed by atoms with Crippen LogP contribution in [0, 0.1) is 5.41 Å². The number of likely N-dealkylation sites (tertiary alicyclic amines) is 1. The second-order valence-corrected chi connectivity index (χ2v) is 11.6. The second kappa shape index (κ2) is 9.68. The Morgan fingerprint density at radius 1 is 0.735 bits per heavy atom. The van der Waals surface area contributed by atoms with Gasteiger partial charge in [-0.25, -0.2) is 0 Å². The quantitative estimate of drug-likeness (QED) is 0.427. The summed E-state index contributed by atoms with van der Waals surface area (Å²) in [4.78, 5) is 2.44. The maximum atomic E-state index is 11.0. The van der Waals surface area contributed by atoms with Crippen LogP contribution in [0.4, 0.5) is 0 Å². The molecule has 2 nitrogen and oxygen atoms in total. The second-order valence-electron chi connectivity index (χ2n) is 11.6. The zero-order chi connectivity index (χ0) is 24.4. The summed E-state index contributed by atoms with van der Waals surface area (Å²) >= 11 is 0. The van der Waals surface area contributed by atoms with Gasteiger partial charge < -0.3 is 10.0 Å². The van der Waals surface area contributed by atoms with E-state index in [1.165, 1.54) is 16.7 Å². The number of benzene rings is 3. The highest BCUT2D eigenvalue weighted by atomic mass is 16.3. The molecule has 3 aromatic rings. The highest BCUT2D eigenvalue weighted by Gasteiger charge is 2.48. The summed E-state index contributed by atoms with van der Waals surface area (Å²) in [5.74, 6) is 0. The fourth-order valence-corrected chi connectivity index (χ4v) is 5.69. The van der Waals surface area contributed by atoms with E-state index >= 15 is 0 Å². The molecular formula is C32H41NO. The molecule has 0 saturated carbocycles. The lowest BCUT2D eigenvalue weighted by Crippen LogP contribution is -2.50. The van der Waals surface area contributed by atoms with Crippen molar-refractivity contribution in [3.63, 3.8) is 0 Å². The lowest BCUT2D eigenvalue weighted by Gasteiger charge is -2.52. The zero-order valence-corrected chi connectivity index (χ0v) is 21.6. The molecule has 1 unspecified atom stereocenters. The van der Waals surface area contributed by atoms with Crippen molar-refractivity contribution >= 4 is 0 Å². The van der Waals surface area contributed by atoms with Crippen LogP contribution in [0.25, 0.3) is 0 Å². The number of rotatable bonds is 6. The molecule has 34 heavy (non-hydrogen) atoms. The van der Waals surface area contributed by atoms with Gasteiger partial charge in [-0.05, 0) is 59.0 Å². The summed E-state index contributed by atoms with van der Waals surface area (Å²) in [5.41, 5.74) is 5.28. The fraction of sp³-hybridized carbons (Fsp3) is 0.438. The Hall–Kier alpha value is -2.42. The highest BCUT2D eigenvalue weighted by molar-refractivity contribution is 5.41. The van der Waals surface area contributed by atoms with E-state index in [0.29, 0.717) is 6.54 Å². The molecule has 0 aliphatic carbocycles. The first kappa shape index (κ1) is 24.7. The molecule has 180 valence electrons. The third-order valence-electron chi connectivity index (χ3n) is 8.46. The Kier molecular flexibility index (Phi) is 7.03. The largest absolute Gasteiger partial charge is 0.387 e. The predicted molar refractivity (Wildman–Crippen MR) is 143 cm³/mol. The van der Waals surface area contributed by atoms with Crippen LogP contribution in [-0.4, -0.2) is 29.6 Å². The summed E-state index contributed by atoms with van der Waals surface area (Å²) in [5, 5.41) is 11.0. The average Bonchev–Trinajstić information content (AvgIpc) is 2.85. The molecule has 0 bridgehead atoms. The van der Waals surface area contributed by atoms with Crippen LogP contribution in [-0.2, 0) is 10.8 Å². The van der Waals surface area contributed by atoms with Gasteiger partial charge in [-0.15, -0.1) is 0 Å². The van der Waals surface area contributed by atoms with Gasteiger partial charge in [0.05, 0.1) is 6.10 Å². The molecular weight excluding hydrogens is 414 g/mol. The van der Waals surface area contributed by atoms with Crippen LogP contribution in [0.5, 0.6) is 0 Å². The van der Waals surface area contributed by atoms with Crippen molar-refractivity contribution in [2.24, 2.45) is 5.41 Å². The molecule has 0 aromatic heterocycles. The van der Waals surface area contributed by atoms with E-state index in [1.54, 1.807) is 0 Å². The summed E-state index contributed by atoms with van der Waals surface area (Å²) in [6, 6.07) is 30.5. The lowest BCUT2D eigenvalue weighted by atomic mass is 9.55. The van der Waals surface area contributed by atoms with Crippen molar-refractivity contribution < 1.29 is 5.11 Å². The van der Waals surface area contributed by atoms with Gasteiger partial charge in [0, 0.05) is 12.0 Å². The standard InChI is InChI=1S/C32H41NO/c1-30(2,3)26-18-16-25(17-19-26)29(34)24-33-22-20-31(4,21-23-33)32(5,27-12-8-6-9-13-27)28-14-10-7-11-15-28/h6-19,29,34H,20-24H2,1-5H3. The van der Waals surface area contributed by atoms with E-state index in [1.807, 2.05) is 0 Å². The maximum Gasteiger partial charge on any atom is 0.0916 e. The SMILES string of the molecule is CC(C)(C)c1ccc(C(O)CN2CCC(C)(C(C)(c3ccccc3)c3ccccc3)CC2)cc1. The fourth-order valence-electron chi connectivity index (χ4n) is 5.69. The van der Waals surface area contributed by atoms with Crippen molar-refractivity contribution in [2.75, 3.05) is 19.6 Å². The van der Waals surface area contributed by atoms with Gasteiger partial charge >= 0.3 is 0 Å². The summed E-state index contributed by atoms with van der Waals surface area (Å²) in [6.45, 7) is 14.3. The van der Waals surface area contributed by atoms with Gasteiger partial charge in [-0.3, -0.25) is 0 Å². The first-order valence-electron chi connectivity index (χ1n) is 12.8. The predicted octanol–water partition coefficient (Wildman–Crippen LogP) is 7.13. The normalized spacial score (nSPS) is 17.9. The van der Waals surface area contributed by atoms with Crippen molar-refractivity contribution in [1.29, 1.82) is 0 Å². The molecule has 1 aliphatic heterocycles. The molecule has 2 heteroatoms. The van der Waals surface area contributed by atoms with Gasteiger partial charge in [-0.1, -0.05) is 120 Å². The molecule has 0 spiro atoms.